The number of amides is 1. The second-order valence-corrected chi connectivity index (χ2v) is 11.1. The largest absolute Gasteiger partial charge is 0.495 e. The molecule has 0 saturated carbocycles. The predicted molar refractivity (Wildman–Crippen MR) is 113 cm³/mol. The number of ether oxygens (including phenoxy) is 1. The van der Waals surface area contributed by atoms with Gasteiger partial charge in [-0.25, -0.2) is 21.1 Å². The number of benzene rings is 2. The van der Waals surface area contributed by atoms with Crippen LogP contribution in [0.3, 0.4) is 0 Å². The quantitative estimate of drug-likeness (QED) is 0.708. The summed E-state index contributed by atoms with van der Waals surface area (Å²) in [4.78, 5) is 12.3. The zero-order valence-corrected chi connectivity index (χ0v) is 18.2. The molecule has 160 valence electrons. The maximum absolute atomic E-state index is 13.6. The number of carbonyl (C=O) groups is 1. The van der Waals surface area contributed by atoms with E-state index in [0.717, 1.165) is 12.0 Å². The lowest BCUT2D eigenvalue weighted by Gasteiger charge is -2.31. The Morgan fingerprint density at radius 3 is 2.53 bits per heavy atom. The number of methoxy groups -OCH3 is 1. The van der Waals surface area contributed by atoms with Crippen molar-refractivity contribution < 1.29 is 26.4 Å². The SMILES string of the molecule is COc1ccc(N2C(=O)C(C)CS2(=O)=O)cc1S(=O)(=O)N1CCCc2ccccc21. The normalized spacial score (nSPS) is 20.9. The third-order valence-corrected chi connectivity index (χ3v) is 9.08. The van der Waals surface area contributed by atoms with Crippen molar-refractivity contribution in [1.29, 1.82) is 0 Å². The van der Waals surface area contributed by atoms with E-state index >= 15 is 0 Å². The number of rotatable bonds is 4. The molecule has 1 amide bonds. The lowest BCUT2D eigenvalue weighted by atomic mass is 10.0. The van der Waals surface area contributed by atoms with Gasteiger partial charge in [0.1, 0.15) is 10.6 Å². The summed E-state index contributed by atoms with van der Waals surface area (Å²) < 4.78 is 59.4. The first kappa shape index (κ1) is 20.7. The fourth-order valence-electron chi connectivity index (χ4n) is 3.95. The van der Waals surface area contributed by atoms with E-state index in [1.807, 2.05) is 12.1 Å². The van der Waals surface area contributed by atoms with Crippen molar-refractivity contribution in [1.82, 2.24) is 0 Å². The number of hydrogen-bond acceptors (Lipinski definition) is 6. The van der Waals surface area contributed by atoms with Gasteiger partial charge in [0.25, 0.3) is 10.0 Å². The highest BCUT2D eigenvalue weighted by Gasteiger charge is 2.43. The number of fused-ring (bicyclic) bond motifs is 1. The van der Waals surface area contributed by atoms with Crippen LogP contribution in [0.5, 0.6) is 5.75 Å². The predicted octanol–water partition coefficient (Wildman–Crippen LogP) is 2.15. The van der Waals surface area contributed by atoms with E-state index in [9.17, 15) is 21.6 Å². The van der Waals surface area contributed by atoms with Crippen LogP contribution >= 0.6 is 0 Å². The van der Waals surface area contributed by atoms with Crippen molar-refractivity contribution in [2.45, 2.75) is 24.7 Å². The smallest absolute Gasteiger partial charge is 0.268 e. The number of sulfonamides is 2. The Morgan fingerprint density at radius 2 is 1.87 bits per heavy atom. The van der Waals surface area contributed by atoms with Crippen LogP contribution < -0.4 is 13.3 Å². The van der Waals surface area contributed by atoms with Crippen LogP contribution in [0.1, 0.15) is 18.9 Å². The first-order valence-corrected chi connectivity index (χ1v) is 12.6. The van der Waals surface area contributed by atoms with Gasteiger partial charge in [-0.3, -0.25) is 9.10 Å². The van der Waals surface area contributed by atoms with E-state index in [-0.39, 0.29) is 22.1 Å². The molecule has 0 N–H and O–H groups in total. The van der Waals surface area contributed by atoms with Gasteiger partial charge in [-0.15, -0.1) is 0 Å². The standard InChI is InChI=1S/C20H22N2O6S2/c1-14-13-29(24,25)22(20(14)23)16-9-10-18(28-2)19(12-16)30(26,27)21-11-5-7-15-6-3-4-8-17(15)21/h3-4,6,8-10,12,14H,5,7,11,13H2,1-2H3. The van der Waals surface area contributed by atoms with Gasteiger partial charge in [0.2, 0.25) is 15.9 Å². The summed E-state index contributed by atoms with van der Waals surface area (Å²) in [6, 6.07) is 11.2. The van der Waals surface area contributed by atoms with Crippen LogP contribution in [0.15, 0.2) is 47.4 Å². The number of nitrogens with zero attached hydrogens (tertiary/aromatic N) is 2. The van der Waals surface area contributed by atoms with Crippen molar-refractivity contribution in [2.24, 2.45) is 5.92 Å². The Labute approximate surface area is 176 Å². The number of hydrogen-bond donors (Lipinski definition) is 0. The average molecular weight is 451 g/mol. The topological polar surface area (TPSA) is 101 Å². The van der Waals surface area contributed by atoms with Crippen LogP contribution in [0, 0.1) is 5.92 Å². The molecule has 2 aromatic rings. The lowest BCUT2D eigenvalue weighted by molar-refractivity contribution is -0.119. The third kappa shape index (κ3) is 3.24. The van der Waals surface area contributed by atoms with Gasteiger partial charge >= 0.3 is 0 Å². The van der Waals surface area contributed by atoms with Crippen molar-refractivity contribution in [2.75, 3.05) is 28.0 Å². The van der Waals surface area contributed by atoms with Gasteiger partial charge in [-0.1, -0.05) is 25.1 Å². The Kier molecular flexibility index (Phi) is 5.01. The fourth-order valence-corrected chi connectivity index (χ4v) is 7.48. The molecule has 2 aliphatic rings. The minimum Gasteiger partial charge on any atom is -0.495 e. The molecular weight excluding hydrogens is 428 g/mol. The third-order valence-electron chi connectivity index (χ3n) is 5.38. The highest BCUT2D eigenvalue weighted by Crippen LogP contribution is 2.38. The molecule has 1 fully saturated rings. The maximum atomic E-state index is 13.6. The summed E-state index contributed by atoms with van der Waals surface area (Å²) in [5.74, 6) is -1.49. The summed E-state index contributed by atoms with van der Waals surface area (Å²) >= 11 is 0. The molecule has 2 heterocycles. The molecule has 10 heteroatoms. The molecule has 1 saturated heterocycles. The van der Waals surface area contributed by atoms with Gasteiger partial charge in [-0.05, 0) is 42.7 Å². The summed E-state index contributed by atoms with van der Waals surface area (Å²) in [5, 5.41) is 0. The second kappa shape index (κ2) is 7.28. The summed E-state index contributed by atoms with van der Waals surface area (Å²) in [6.45, 7) is 1.83. The Morgan fingerprint density at radius 1 is 1.13 bits per heavy atom. The van der Waals surface area contributed by atoms with Crippen LogP contribution in [0.2, 0.25) is 0 Å². The second-order valence-electron chi connectivity index (χ2n) is 7.43. The van der Waals surface area contributed by atoms with Gasteiger partial charge < -0.3 is 4.74 Å². The lowest BCUT2D eigenvalue weighted by Crippen LogP contribution is -2.36. The maximum Gasteiger partial charge on any atom is 0.268 e. The molecule has 1 atom stereocenters. The zero-order valence-electron chi connectivity index (χ0n) is 16.6. The van der Waals surface area contributed by atoms with E-state index in [1.165, 1.54) is 36.5 Å². The fraction of sp³-hybridized carbons (Fsp3) is 0.350. The highest BCUT2D eigenvalue weighted by atomic mass is 32.2. The molecule has 0 bridgehead atoms. The molecule has 2 aliphatic heterocycles. The average Bonchev–Trinajstić information content (AvgIpc) is 2.93. The molecule has 8 nitrogen and oxygen atoms in total. The van der Waals surface area contributed by atoms with Gasteiger partial charge in [0, 0.05) is 6.54 Å². The molecular formula is C20H22N2O6S2. The van der Waals surface area contributed by atoms with Crippen LogP contribution in [-0.2, 0) is 31.3 Å². The van der Waals surface area contributed by atoms with Crippen LogP contribution in [0.25, 0.3) is 0 Å². The number of anilines is 2. The molecule has 30 heavy (non-hydrogen) atoms. The van der Waals surface area contributed by atoms with Gasteiger partial charge in [-0.2, -0.15) is 0 Å². The number of aryl methyl sites for hydroxylation is 1. The van der Waals surface area contributed by atoms with Crippen molar-refractivity contribution >= 4 is 37.3 Å². The molecule has 2 aromatic carbocycles. The molecule has 4 rings (SSSR count). The summed E-state index contributed by atoms with van der Waals surface area (Å²) in [6.07, 6.45) is 1.44. The highest BCUT2D eigenvalue weighted by molar-refractivity contribution is 7.94. The minimum absolute atomic E-state index is 0.00554. The number of carbonyl (C=O) groups excluding carboxylic acids is 1. The first-order valence-electron chi connectivity index (χ1n) is 9.52. The molecule has 0 aromatic heterocycles. The van der Waals surface area contributed by atoms with Crippen molar-refractivity contribution in [3.8, 4) is 5.75 Å². The Bertz CT molecular complexity index is 1220. The minimum atomic E-state index is -4.06. The van der Waals surface area contributed by atoms with E-state index in [0.29, 0.717) is 23.0 Å². The van der Waals surface area contributed by atoms with Gasteiger partial charge in [0.15, 0.2) is 0 Å². The van der Waals surface area contributed by atoms with Crippen molar-refractivity contribution in [3.63, 3.8) is 0 Å². The Hall–Kier alpha value is -2.59. The zero-order chi connectivity index (χ0) is 21.7. The van der Waals surface area contributed by atoms with E-state index in [4.69, 9.17) is 4.74 Å². The van der Waals surface area contributed by atoms with Crippen LogP contribution in [0.4, 0.5) is 11.4 Å². The monoisotopic (exact) mass is 450 g/mol. The molecule has 0 spiro atoms. The first-order chi connectivity index (χ1) is 14.2. The molecule has 0 aliphatic carbocycles. The van der Waals surface area contributed by atoms with E-state index in [1.54, 1.807) is 12.1 Å². The number of para-hydroxylation sites is 1. The van der Waals surface area contributed by atoms with E-state index < -0.39 is 31.9 Å². The molecule has 0 radical (unpaired) electrons. The Balaban J connectivity index is 1.85. The van der Waals surface area contributed by atoms with Crippen LogP contribution in [-0.4, -0.2) is 42.2 Å². The molecule has 1 unspecified atom stereocenters. The van der Waals surface area contributed by atoms with Crippen molar-refractivity contribution in [3.05, 3.63) is 48.0 Å². The summed E-state index contributed by atoms with van der Waals surface area (Å²) in [7, 11) is -6.58. The van der Waals surface area contributed by atoms with Gasteiger partial charge in [0.05, 0.1) is 30.2 Å². The van der Waals surface area contributed by atoms with E-state index in [2.05, 4.69) is 0 Å². The summed E-state index contributed by atoms with van der Waals surface area (Å²) in [5.41, 5.74) is 1.51.